The van der Waals surface area contributed by atoms with E-state index in [9.17, 15) is 8.42 Å². The summed E-state index contributed by atoms with van der Waals surface area (Å²) >= 11 is 0. The van der Waals surface area contributed by atoms with E-state index < -0.39 is 10.0 Å². The fraction of sp³-hybridized carbons (Fsp3) is 0.538. The van der Waals surface area contributed by atoms with Crippen LogP contribution in [-0.4, -0.2) is 33.9 Å². The first-order valence-corrected chi connectivity index (χ1v) is 8.00. The first-order valence-electron chi connectivity index (χ1n) is 6.45. The Kier molecular flexibility index (Phi) is 4.79. The summed E-state index contributed by atoms with van der Waals surface area (Å²) in [6, 6.07) is 7.45. The number of hydrogen-bond acceptors (Lipinski definition) is 4. The molecule has 0 aliphatic carbocycles. The number of ether oxygens (including phenoxy) is 1. The molecule has 2 rings (SSSR count). The zero-order valence-electron chi connectivity index (χ0n) is 11.1. The summed E-state index contributed by atoms with van der Waals surface area (Å²) in [7, 11) is -1.50. The number of sulfonamides is 1. The lowest BCUT2D eigenvalue weighted by Gasteiger charge is -2.23. The molecule has 2 N–H and O–H groups in total. The van der Waals surface area contributed by atoms with Gasteiger partial charge in [0.2, 0.25) is 10.0 Å². The van der Waals surface area contributed by atoms with E-state index >= 15 is 0 Å². The molecule has 6 heteroatoms. The average molecular weight is 284 g/mol. The Hall–Kier alpha value is -1.11. The van der Waals surface area contributed by atoms with Gasteiger partial charge in [-0.15, -0.1) is 0 Å². The predicted molar refractivity (Wildman–Crippen MR) is 75.6 cm³/mol. The standard InChI is InChI=1S/C13H20N2O3S/c1-14-10-11-4-2-3-5-13(11)15-19(16,17)12-6-8-18-9-7-12/h2-5,12,14-15H,6-10H2,1H3. The van der Waals surface area contributed by atoms with E-state index in [0.717, 1.165) is 5.56 Å². The maximum Gasteiger partial charge on any atom is 0.235 e. The molecule has 1 aliphatic rings. The largest absolute Gasteiger partial charge is 0.381 e. The van der Waals surface area contributed by atoms with Crippen LogP contribution in [0.1, 0.15) is 18.4 Å². The van der Waals surface area contributed by atoms with E-state index in [4.69, 9.17) is 4.74 Å². The number of benzene rings is 1. The molecule has 0 radical (unpaired) electrons. The van der Waals surface area contributed by atoms with Crippen LogP contribution in [0.15, 0.2) is 24.3 Å². The van der Waals surface area contributed by atoms with Crippen LogP contribution in [0, 0.1) is 0 Å². The molecule has 0 atom stereocenters. The monoisotopic (exact) mass is 284 g/mol. The molecule has 0 unspecified atom stereocenters. The topological polar surface area (TPSA) is 67.4 Å². The van der Waals surface area contributed by atoms with Crippen molar-refractivity contribution in [2.75, 3.05) is 25.0 Å². The first-order chi connectivity index (χ1) is 9.13. The zero-order valence-corrected chi connectivity index (χ0v) is 11.9. The molecule has 106 valence electrons. The minimum Gasteiger partial charge on any atom is -0.381 e. The van der Waals surface area contributed by atoms with Crippen molar-refractivity contribution in [2.45, 2.75) is 24.6 Å². The van der Waals surface area contributed by atoms with E-state index in [1.807, 2.05) is 25.2 Å². The van der Waals surface area contributed by atoms with E-state index in [2.05, 4.69) is 10.0 Å². The summed E-state index contributed by atoms with van der Waals surface area (Å²) in [5.41, 5.74) is 1.60. The molecular weight excluding hydrogens is 264 g/mol. The Balaban J connectivity index is 2.15. The Morgan fingerprint density at radius 3 is 2.63 bits per heavy atom. The molecule has 19 heavy (non-hydrogen) atoms. The van der Waals surface area contributed by atoms with E-state index in [0.29, 0.717) is 38.3 Å². The van der Waals surface area contributed by atoms with Gasteiger partial charge >= 0.3 is 0 Å². The van der Waals surface area contributed by atoms with E-state index in [-0.39, 0.29) is 5.25 Å². The van der Waals surface area contributed by atoms with Crippen molar-refractivity contribution in [1.82, 2.24) is 5.32 Å². The molecule has 0 saturated carbocycles. The second-order valence-electron chi connectivity index (χ2n) is 4.65. The molecule has 1 aliphatic heterocycles. The summed E-state index contributed by atoms with van der Waals surface area (Å²) in [5, 5.41) is 2.68. The minimum absolute atomic E-state index is 0.358. The second-order valence-corrected chi connectivity index (χ2v) is 6.61. The molecular formula is C13H20N2O3S. The van der Waals surface area contributed by atoms with Crippen LogP contribution in [0.3, 0.4) is 0 Å². The summed E-state index contributed by atoms with van der Waals surface area (Å²) < 4.78 is 32.6. The van der Waals surface area contributed by atoms with Gasteiger partial charge in [-0.1, -0.05) is 18.2 Å². The Labute approximate surface area is 114 Å². The number of hydrogen-bond donors (Lipinski definition) is 2. The minimum atomic E-state index is -3.33. The fourth-order valence-corrected chi connectivity index (χ4v) is 3.67. The molecule has 1 aromatic carbocycles. The molecule has 1 aromatic rings. The van der Waals surface area contributed by atoms with Crippen LogP contribution in [-0.2, 0) is 21.3 Å². The van der Waals surface area contributed by atoms with Gasteiger partial charge in [-0.05, 0) is 31.5 Å². The van der Waals surface area contributed by atoms with E-state index in [1.165, 1.54) is 0 Å². The van der Waals surface area contributed by atoms with Crippen molar-refractivity contribution < 1.29 is 13.2 Å². The van der Waals surface area contributed by atoms with Crippen LogP contribution in [0.2, 0.25) is 0 Å². The third-order valence-corrected chi connectivity index (χ3v) is 5.10. The van der Waals surface area contributed by atoms with Crippen LogP contribution in [0.25, 0.3) is 0 Å². The first kappa shape index (κ1) is 14.3. The van der Waals surface area contributed by atoms with Crippen molar-refractivity contribution in [3.8, 4) is 0 Å². The van der Waals surface area contributed by atoms with Crippen molar-refractivity contribution in [1.29, 1.82) is 0 Å². The van der Waals surface area contributed by atoms with Gasteiger partial charge in [0.15, 0.2) is 0 Å². The normalized spacial score (nSPS) is 17.3. The molecule has 1 saturated heterocycles. The highest BCUT2D eigenvalue weighted by Crippen LogP contribution is 2.21. The zero-order chi connectivity index (χ0) is 13.7. The molecule has 1 heterocycles. The van der Waals surface area contributed by atoms with E-state index in [1.54, 1.807) is 6.07 Å². The Morgan fingerprint density at radius 2 is 1.95 bits per heavy atom. The SMILES string of the molecule is CNCc1ccccc1NS(=O)(=O)C1CCOCC1. The van der Waals surface area contributed by atoms with Crippen molar-refractivity contribution >= 4 is 15.7 Å². The van der Waals surface area contributed by atoms with Crippen LogP contribution in [0.5, 0.6) is 0 Å². The Morgan fingerprint density at radius 1 is 1.26 bits per heavy atom. The van der Waals surface area contributed by atoms with Crippen molar-refractivity contribution in [3.05, 3.63) is 29.8 Å². The fourth-order valence-electron chi connectivity index (χ4n) is 2.19. The molecule has 1 fully saturated rings. The van der Waals surface area contributed by atoms with Crippen LogP contribution in [0.4, 0.5) is 5.69 Å². The summed E-state index contributed by atoms with van der Waals surface area (Å²) in [4.78, 5) is 0. The van der Waals surface area contributed by atoms with Gasteiger partial charge in [-0.3, -0.25) is 4.72 Å². The van der Waals surface area contributed by atoms with Crippen LogP contribution >= 0.6 is 0 Å². The highest BCUT2D eigenvalue weighted by atomic mass is 32.2. The maximum absolute atomic E-state index is 12.3. The average Bonchev–Trinajstić information content (AvgIpc) is 2.42. The lowest BCUT2D eigenvalue weighted by Crippen LogP contribution is -2.33. The van der Waals surface area contributed by atoms with Crippen molar-refractivity contribution in [2.24, 2.45) is 0 Å². The predicted octanol–water partition coefficient (Wildman–Crippen LogP) is 1.33. The quantitative estimate of drug-likeness (QED) is 0.856. The Bertz CT molecular complexity index is 510. The highest BCUT2D eigenvalue weighted by molar-refractivity contribution is 7.93. The molecule has 0 aromatic heterocycles. The molecule has 0 spiro atoms. The lowest BCUT2D eigenvalue weighted by molar-refractivity contribution is 0.0984. The maximum atomic E-state index is 12.3. The second kappa shape index (κ2) is 6.36. The third-order valence-electron chi connectivity index (χ3n) is 3.24. The number of anilines is 1. The molecule has 0 amide bonds. The van der Waals surface area contributed by atoms with Gasteiger partial charge in [-0.25, -0.2) is 8.42 Å². The number of para-hydroxylation sites is 1. The molecule has 0 bridgehead atoms. The van der Waals surface area contributed by atoms with Crippen LogP contribution < -0.4 is 10.0 Å². The summed E-state index contributed by atoms with van der Waals surface area (Å²) in [6.45, 7) is 1.67. The van der Waals surface area contributed by atoms with Gasteiger partial charge in [0.05, 0.1) is 10.9 Å². The van der Waals surface area contributed by atoms with Crippen molar-refractivity contribution in [3.63, 3.8) is 0 Å². The smallest absolute Gasteiger partial charge is 0.235 e. The number of nitrogens with one attached hydrogen (secondary N) is 2. The molecule has 5 nitrogen and oxygen atoms in total. The third kappa shape index (κ3) is 3.68. The summed E-state index contributed by atoms with van der Waals surface area (Å²) in [5.74, 6) is 0. The van der Waals surface area contributed by atoms with Gasteiger partial charge < -0.3 is 10.1 Å². The van der Waals surface area contributed by atoms with Gasteiger partial charge in [0, 0.05) is 19.8 Å². The summed E-state index contributed by atoms with van der Waals surface area (Å²) in [6.07, 6.45) is 1.12. The lowest BCUT2D eigenvalue weighted by atomic mass is 10.2. The highest BCUT2D eigenvalue weighted by Gasteiger charge is 2.28. The van der Waals surface area contributed by atoms with Gasteiger partial charge in [0.25, 0.3) is 0 Å². The van der Waals surface area contributed by atoms with Gasteiger partial charge in [-0.2, -0.15) is 0 Å². The van der Waals surface area contributed by atoms with Gasteiger partial charge in [0.1, 0.15) is 0 Å². The number of rotatable bonds is 5.